The molecule has 14 unspecified atom stereocenters. The Bertz CT molecular complexity index is 1450. The lowest BCUT2D eigenvalue weighted by Gasteiger charge is -2.58. The maximum atomic E-state index is 12.6. The van der Waals surface area contributed by atoms with E-state index in [0.717, 1.165) is 75.5 Å². The standard InChI is InChI=1S/C55H92O7/c1-8-9-10-11-12-13-14-15-16-17-18-19-20-21-22-23-24-25-26-49(56)60-38-48-50(57)51(58)52(59)53(62-48)61-43-33-35-54(6)42(37-43)29-30-44-46-32-31-45(55(46,7)36-34-47(44)54)41(5)28-27-40(4)39(2)3/h13-14,16-17,27-29,39-41,43-48,50-53,57-59H,8-12,15,18-26,30-38H2,1-7H3/b14-13-,17-16-,28-27+. The number of carbonyl (C=O) groups excluding carboxylic acids is 1. The van der Waals surface area contributed by atoms with Gasteiger partial charge in [0.25, 0.3) is 0 Å². The lowest BCUT2D eigenvalue weighted by atomic mass is 9.47. The molecule has 1 heterocycles. The molecule has 4 aliphatic carbocycles. The molecule has 7 nitrogen and oxygen atoms in total. The van der Waals surface area contributed by atoms with Crippen molar-refractivity contribution in [3.63, 3.8) is 0 Å². The van der Waals surface area contributed by atoms with E-state index in [-0.39, 0.29) is 24.1 Å². The first kappa shape index (κ1) is 51.2. The number of aliphatic hydroxyl groups is 3. The predicted octanol–water partition coefficient (Wildman–Crippen LogP) is 12.8. The van der Waals surface area contributed by atoms with Crippen molar-refractivity contribution in [3.05, 3.63) is 48.1 Å². The Balaban J connectivity index is 0.987. The molecule has 0 radical (unpaired) electrons. The topological polar surface area (TPSA) is 105 Å². The van der Waals surface area contributed by atoms with Crippen LogP contribution in [0.3, 0.4) is 0 Å². The molecule has 62 heavy (non-hydrogen) atoms. The molecule has 3 N–H and O–H groups in total. The van der Waals surface area contributed by atoms with E-state index in [1.807, 2.05) is 0 Å². The van der Waals surface area contributed by atoms with Gasteiger partial charge in [-0.25, -0.2) is 0 Å². The van der Waals surface area contributed by atoms with Crippen molar-refractivity contribution in [2.75, 3.05) is 6.61 Å². The van der Waals surface area contributed by atoms with E-state index in [2.05, 4.69) is 91.0 Å². The van der Waals surface area contributed by atoms with E-state index >= 15 is 0 Å². The van der Waals surface area contributed by atoms with Gasteiger partial charge in [-0.3, -0.25) is 4.79 Å². The Labute approximate surface area is 379 Å². The normalized spacial score (nSPS) is 35.9. The van der Waals surface area contributed by atoms with Gasteiger partial charge in [0.2, 0.25) is 0 Å². The van der Waals surface area contributed by atoms with Gasteiger partial charge in [0.15, 0.2) is 6.29 Å². The molecule has 1 aliphatic heterocycles. The van der Waals surface area contributed by atoms with Crippen molar-refractivity contribution < 1.29 is 34.3 Å². The highest BCUT2D eigenvalue weighted by Crippen LogP contribution is 2.67. The van der Waals surface area contributed by atoms with Crippen LogP contribution in [-0.2, 0) is 19.0 Å². The van der Waals surface area contributed by atoms with Crippen LogP contribution in [0.25, 0.3) is 0 Å². The second-order valence-electron chi connectivity index (χ2n) is 21.6. The summed E-state index contributed by atoms with van der Waals surface area (Å²) < 4.78 is 18.0. The Kier molecular flexibility index (Phi) is 20.8. The first-order chi connectivity index (χ1) is 29.8. The lowest BCUT2D eigenvalue weighted by molar-refractivity contribution is -0.313. The summed E-state index contributed by atoms with van der Waals surface area (Å²) in [6.45, 7) is 16.7. The van der Waals surface area contributed by atoms with E-state index in [9.17, 15) is 20.1 Å². The largest absolute Gasteiger partial charge is 0.463 e. The average molecular weight is 865 g/mol. The van der Waals surface area contributed by atoms with Crippen LogP contribution in [0.5, 0.6) is 0 Å². The molecular formula is C55H92O7. The molecule has 1 saturated heterocycles. The summed E-state index contributed by atoms with van der Waals surface area (Å²) in [4.78, 5) is 12.6. The average Bonchev–Trinajstić information content (AvgIpc) is 3.62. The zero-order valence-corrected chi connectivity index (χ0v) is 40.5. The molecule has 0 aromatic rings. The number of unbranched alkanes of at least 4 members (excludes halogenated alkanes) is 11. The van der Waals surface area contributed by atoms with Crippen molar-refractivity contribution in [3.8, 4) is 0 Å². The molecule has 5 rings (SSSR count). The second kappa shape index (κ2) is 25.2. The molecule has 5 aliphatic rings. The van der Waals surface area contributed by atoms with Gasteiger partial charge in [0.05, 0.1) is 6.10 Å². The molecule has 0 aromatic carbocycles. The quantitative estimate of drug-likeness (QED) is 0.0477. The van der Waals surface area contributed by atoms with Crippen LogP contribution in [0.4, 0.5) is 0 Å². The zero-order chi connectivity index (χ0) is 44.7. The van der Waals surface area contributed by atoms with Crippen LogP contribution in [0.2, 0.25) is 0 Å². The van der Waals surface area contributed by atoms with Gasteiger partial charge in [-0.2, -0.15) is 0 Å². The summed E-state index contributed by atoms with van der Waals surface area (Å²) in [5.41, 5.74) is 2.04. The molecule has 0 amide bonds. The SMILES string of the molecule is CCCCCC/C=C\C/C=C\CCCCCCCCCC(=O)OCC1OC(OC2CCC3(C)C(=CCC4C3CCC3(C)C(C(C)/C=C/C(C)C(C)C)CCC43)C2)C(O)C(O)C1O. The third-order valence-corrected chi connectivity index (χ3v) is 17.0. The van der Waals surface area contributed by atoms with Crippen molar-refractivity contribution in [1.29, 1.82) is 0 Å². The number of aliphatic hydroxyl groups excluding tert-OH is 3. The zero-order valence-electron chi connectivity index (χ0n) is 40.5. The van der Waals surface area contributed by atoms with Gasteiger partial charge in [-0.05, 0) is 142 Å². The predicted molar refractivity (Wildman–Crippen MR) is 253 cm³/mol. The van der Waals surface area contributed by atoms with E-state index in [4.69, 9.17) is 14.2 Å². The molecule has 7 heteroatoms. The van der Waals surface area contributed by atoms with E-state index in [1.54, 1.807) is 0 Å². The molecule has 14 atom stereocenters. The minimum absolute atomic E-state index is 0.152. The van der Waals surface area contributed by atoms with E-state index in [0.29, 0.717) is 35.5 Å². The van der Waals surface area contributed by atoms with Crippen LogP contribution in [0, 0.1) is 52.3 Å². The highest BCUT2D eigenvalue weighted by atomic mass is 16.7. The number of allylic oxidation sites excluding steroid dienone is 7. The first-order valence-electron chi connectivity index (χ1n) is 26.0. The number of hydrogen-bond acceptors (Lipinski definition) is 7. The fourth-order valence-electron chi connectivity index (χ4n) is 12.6. The minimum atomic E-state index is -1.45. The summed E-state index contributed by atoms with van der Waals surface area (Å²) in [6, 6.07) is 0. The number of hydrogen-bond donors (Lipinski definition) is 3. The van der Waals surface area contributed by atoms with Gasteiger partial charge in [-0.15, -0.1) is 0 Å². The van der Waals surface area contributed by atoms with Crippen molar-refractivity contribution in [2.45, 2.75) is 233 Å². The minimum Gasteiger partial charge on any atom is -0.463 e. The summed E-state index contributed by atoms with van der Waals surface area (Å²) in [5, 5.41) is 32.6. The van der Waals surface area contributed by atoms with Crippen LogP contribution in [0.15, 0.2) is 48.1 Å². The molecular weight excluding hydrogens is 773 g/mol. The highest BCUT2D eigenvalue weighted by molar-refractivity contribution is 5.69. The van der Waals surface area contributed by atoms with E-state index < -0.39 is 30.7 Å². The second-order valence-corrected chi connectivity index (χ2v) is 21.6. The fraction of sp³-hybridized carbons (Fsp3) is 0.836. The van der Waals surface area contributed by atoms with Gasteiger partial charge in [0, 0.05) is 6.42 Å². The van der Waals surface area contributed by atoms with Gasteiger partial charge in [0.1, 0.15) is 31.0 Å². The van der Waals surface area contributed by atoms with Crippen LogP contribution in [0.1, 0.15) is 196 Å². The van der Waals surface area contributed by atoms with Crippen LogP contribution >= 0.6 is 0 Å². The maximum absolute atomic E-state index is 12.6. The van der Waals surface area contributed by atoms with Crippen LogP contribution in [-0.4, -0.2) is 64.7 Å². The number of fused-ring (bicyclic) bond motifs is 5. The summed E-state index contributed by atoms with van der Waals surface area (Å²) >= 11 is 0. The molecule has 0 bridgehead atoms. The van der Waals surface area contributed by atoms with Crippen LogP contribution < -0.4 is 0 Å². The third kappa shape index (κ3) is 13.6. The number of esters is 1. The number of ether oxygens (including phenoxy) is 3. The van der Waals surface area contributed by atoms with Gasteiger partial charge >= 0.3 is 5.97 Å². The molecule has 354 valence electrons. The van der Waals surface area contributed by atoms with Gasteiger partial charge in [-0.1, -0.05) is 148 Å². The smallest absolute Gasteiger partial charge is 0.305 e. The third-order valence-electron chi connectivity index (χ3n) is 17.0. The Morgan fingerprint density at radius 3 is 2.16 bits per heavy atom. The number of rotatable bonds is 25. The first-order valence-corrected chi connectivity index (χ1v) is 26.0. The Morgan fingerprint density at radius 1 is 0.790 bits per heavy atom. The monoisotopic (exact) mass is 865 g/mol. The maximum Gasteiger partial charge on any atom is 0.305 e. The Morgan fingerprint density at radius 2 is 1.47 bits per heavy atom. The lowest BCUT2D eigenvalue weighted by Crippen LogP contribution is -2.60. The summed E-state index contributed by atoms with van der Waals surface area (Å²) in [6.07, 6.45) is 36.2. The van der Waals surface area contributed by atoms with Crippen molar-refractivity contribution in [1.82, 2.24) is 0 Å². The molecule has 0 spiro atoms. The number of carbonyl (C=O) groups is 1. The van der Waals surface area contributed by atoms with Crippen molar-refractivity contribution >= 4 is 5.97 Å². The van der Waals surface area contributed by atoms with Crippen molar-refractivity contribution in [2.24, 2.45) is 52.3 Å². The molecule has 3 saturated carbocycles. The summed E-state index contributed by atoms with van der Waals surface area (Å²) in [7, 11) is 0. The summed E-state index contributed by atoms with van der Waals surface area (Å²) in [5.74, 6) is 4.53. The fourth-order valence-corrected chi connectivity index (χ4v) is 12.6. The molecule has 4 fully saturated rings. The van der Waals surface area contributed by atoms with Gasteiger partial charge < -0.3 is 29.5 Å². The molecule has 0 aromatic heterocycles. The highest BCUT2D eigenvalue weighted by Gasteiger charge is 2.59. The Hall–Kier alpha value is -1.77. The van der Waals surface area contributed by atoms with E-state index in [1.165, 1.54) is 89.0 Å².